The van der Waals surface area contributed by atoms with Gasteiger partial charge in [-0.25, -0.2) is 4.98 Å². The van der Waals surface area contributed by atoms with E-state index in [0.717, 1.165) is 58.7 Å². The maximum absolute atomic E-state index is 11.6. The predicted octanol–water partition coefficient (Wildman–Crippen LogP) is 4.01. The smallest absolute Gasteiger partial charge is 0.262 e. The average Bonchev–Trinajstić information content (AvgIpc) is 3.30. The van der Waals surface area contributed by atoms with Crippen LogP contribution in [0.3, 0.4) is 0 Å². The van der Waals surface area contributed by atoms with Gasteiger partial charge < -0.3 is 24.8 Å². The minimum atomic E-state index is -0.101. The van der Waals surface area contributed by atoms with Gasteiger partial charge in [-0.3, -0.25) is 9.78 Å². The number of methoxy groups -OCH3 is 1. The van der Waals surface area contributed by atoms with Gasteiger partial charge in [0, 0.05) is 30.6 Å². The van der Waals surface area contributed by atoms with Gasteiger partial charge in [0.1, 0.15) is 17.6 Å². The third kappa shape index (κ3) is 4.62. The molecule has 1 aromatic carbocycles. The lowest BCUT2D eigenvalue weighted by molar-refractivity contribution is -0.118. The second-order valence-electron chi connectivity index (χ2n) is 9.77. The lowest BCUT2D eigenvalue weighted by Gasteiger charge is -2.30. The first-order chi connectivity index (χ1) is 17.1. The lowest BCUT2D eigenvalue weighted by atomic mass is 9.82. The molecule has 0 bridgehead atoms. The number of pyridine rings is 2. The van der Waals surface area contributed by atoms with E-state index in [-0.39, 0.29) is 18.6 Å². The van der Waals surface area contributed by atoms with Crippen LogP contribution in [-0.2, 0) is 17.8 Å². The van der Waals surface area contributed by atoms with Crippen molar-refractivity contribution in [2.75, 3.05) is 19.0 Å². The van der Waals surface area contributed by atoms with Gasteiger partial charge in [-0.1, -0.05) is 6.07 Å². The van der Waals surface area contributed by atoms with E-state index in [9.17, 15) is 4.79 Å². The number of nitrogens with one attached hydrogen (secondary N) is 2. The summed E-state index contributed by atoms with van der Waals surface area (Å²) in [6, 6.07) is 10.3. The van der Waals surface area contributed by atoms with E-state index in [0.29, 0.717) is 17.8 Å². The number of amides is 1. The van der Waals surface area contributed by atoms with Crippen LogP contribution in [0.5, 0.6) is 17.4 Å². The fourth-order valence-corrected chi connectivity index (χ4v) is 5.55. The maximum atomic E-state index is 11.6. The summed E-state index contributed by atoms with van der Waals surface area (Å²) in [7, 11) is 1.64. The molecule has 2 aliphatic heterocycles. The number of hydrogen-bond acceptors (Lipinski definition) is 7. The van der Waals surface area contributed by atoms with Gasteiger partial charge in [0.05, 0.1) is 30.0 Å². The zero-order valence-corrected chi connectivity index (χ0v) is 19.9. The minimum absolute atomic E-state index is 0.0882. The molecule has 1 saturated carbocycles. The van der Waals surface area contributed by atoms with E-state index >= 15 is 0 Å². The third-order valence-corrected chi connectivity index (χ3v) is 7.40. The number of hydrogen-bond donors (Lipinski definition) is 2. The van der Waals surface area contributed by atoms with Crippen LogP contribution in [0.25, 0.3) is 11.0 Å². The number of anilines is 1. The summed E-state index contributed by atoms with van der Waals surface area (Å²) in [6.45, 7) is 0.876. The molecular weight excluding hydrogens is 444 g/mol. The van der Waals surface area contributed by atoms with E-state index in [1.54, 1.807) is 7.11 Å². The largest absolute Gasteiger partial charge is 0.488 e. The van der Waals surface area contributed by atoms with Gasteiger partial charge in [0.25, 0.3) is 5.91 Å². The lowest BCUT2D eigenvalue weighted by Crippen LogP contribution is -2.34. The van der Waals surface area contributed by atoms with E-state index in [1.165, 1.54) is 25.7 Å². The van der Waals surface area contributed by atoms with Crippen LogP contribution in [-0.4, -0.2) is 41.7 Å². The first-order valence-corrected chi connectivity index (χ1v) is 12.4. The second kappa shape index (κ2) is 9.34. The van der Waals surface area contributed by atoms with Gasteiger partial charge >= 0.3 is 0 Å². The Labute approximate surface area is 204 Å². The number of ether oxygens (including phenoxy) is 3. The van der Waals surface area contributed by atoms with E-state index in [4.69, 9.17) is 14.2 Å². The first kappa shape index (κ1) is 22.1. The molecule has 0 saturated heterocycles. The molecule has 1 atom stereocenters. The van der Waals surface area contributed by atoms with Crippen LogP contribution >= 0.6 is 0 Å². The number of carbonyl (C=O) groups is 1. The van der Waals surface area contributed by atoms with Crippen LogP contribution in [0.2, 0.25) is 0 Å². The Morgan fingerprint density at radius 1 is 1.14 bits per heavy atom. The third-order valence-electron chi connectivity index (χ3n) is 7.40. The Morgan fingerprint density at radius 3 is 2.89 bits per heavy atom. The van der Waals surface area contributed by atoms with Crippen LogP contribution in [0, 0.1) is 5.92 Å². The molecule has 8 heteroatoms. The zero-order chi connectivity index (χ0) is 23.8. The zero-order valence-electron chi connectivity index (χ0n) is 19.9. The molecule has 0 radical (unpaired) electrons. The van der Waals surface area contributed by atoms with Crippen LogP contribution in [0.15, 0.2) is 36.5 Å². The van der Waals surface area contributed by atoms with Gasteiger partial charge in [0.2, 0.25) is 5.88 Å². The predicted molar refractivity (Wildman–Crippen MR) is 132 cm³/mol. The highest BCUT2D eigenvalue weighted by atomic mass is 16.5. The molecule has 1 aliphatic carbocycles. The molecular formula is C27H30N4O4. The number of benzene rings is 1. The molecule has 2 aromatic heterocycles. The minimum Gasteiger partial charge on any atom is -0.488 e. The van der Waals surface area contributed by atoms with Crippen LogP contribution in [0.1, 0.15) is 43.2 Å². The molecule has 4 heterocycles. The van der Waals surface area contributed by atoms with Crippen molar-refractivity contribution < 1.29 is 19.0 Å². The highest BCUT2D eigenvalue weighted by Gasteiger charge is 2.30. The molecule has 1 unspecified atom stereocenters. The van der Waals surface area contributed by atoms with Crippen molar-refractivity contribution in [1.29, 1.82) is 0 Å². The van der Waals surface area contributed by atoms with Crippen LogP contribution in [0.4, 0.5) is 5.69 Å². The normalized spacial score (nSPS) is 23.1. The average molecular weight is 475 g/mol. The summed E-state index contributed by atoms with van der Waals surface area (Å²) in [6.07, 6.45) is 8.71. The number of rotatable bonds is 6. The molecule has 3 aliphatic rings. The maximum Gasteiger partial charge on any atom is 0.262 e. The molecule has 182 valence electrons. The van der Waals surface area contributed by atoms with Crippen molar-refractivity contribution in [3.05, 3.63) is 47.7 Å². The first-order valence-electron chi connectivity index (χ1n) is 12.4. The fourth-order valence-electron chi connectivity index (χ4n) is 5.55. The molecule has 1 fully saturated rings. The Hall–Kier alpha value is -3.39. The SMILES string of the molecule is COc1ccc2ncc3c(c2n1)CC(CC1CCC(NCc2ccc4c(c2)NC(=O)CO4)CC1)O3. The van der Waals surface area contributed by atoms with Crippen molar-refractivity contribution in [3.63, 3.8) is 0 Å². The van der Waals surface area contributed by atoms with Crippen molar-refractivity contribution in [3.8, 4) is 17.4 Å². The highest BCUT2D eigenvalue weighted by Crippen LogP contribution is 2.38. The molecule has 6 rings (SSSR count). The van der Waals surface area contributed by atoms with Crippen molar-refractivity contribution in [2.24, 2.45) is 5.92 Å². The molecule has 35 heavy (non-hydrogen) atoms. The van der Waals surface area contributed by atoms with Crippen molar-refractivity contribution in [2.45, 2.75) is 57.2 Å². The van der Waals surface area contributed by atoms with E-state index in [1.807, 2.05) is 30.5 Å². The molecule has 8 nitrogen and oxygen atoms in total. The van der Waals surface area contributed by atoms with E-state index in [2.05, 4.69) is 26.7 Å². The van der Waals surface area contributed by atoms with Crippen molar-refractivity contribution in [1.82, 2.24) is 15.3 Å². The number of fused-ring (bicyclic) bond motifs is 4. The monoisotopic (exact) mass is 474 g/mol. The summed E-state index contributed by atoms with van der Waals surface area (Å²) < 4.78 is 17.0. The fraction of sp³-hybridized carbons (Fsp3) is 0.444. The van der Waals surface area contributed by atoms with Gasteiger partial charge in [-0.2, -0.15) is 0 Å². The summed E-state index contributed by atoms with van der Waals surface area (Å²) in [5.74, 6) is 2.78. The molecule has 1 amide bonds. The topological polar surface area (TPSA) is 94.6 Å². The van der Waals surface area contributed by atoms with E-state index < -0.39 is 0 Å². The molecule has 2 N–H and O–H groups in total. The number of nitrogens with zero attached hydrogens (tertiary/aromatic N) is 2. The van der Waals surface area contributed by atoms with Crippen molar-refractivity contribution >= 4 is 22.6 Å². The number of carbonyl (C=O) groups excluding carboxylic acids is 1. The Bertz CT molecular complexity index is 1260. The summed E-state index contributed by atoms with van der Waals surface area (Å²) in [4.78, 5) is 20.7. The Kier molecular flexibility index (Phi) is 5.90. The van der Waals surface area contributed by atoms with Gasteiger partial charge in [-0.15, -0.1) is 0 Å². The molecule has 3 aromatic rings. The van der Waals surface area contributed by atoms with Crippen LogP contribution < -0.4 is 24.8 Å². The van der Waals surface area contributed by atoms with Gasteiger partial charge in [0.15, 0.2) is 6.61 Å². The summed E-state index contributed by atoms with van der Waals surface area (Å²) >= 11 is 0. The summed E-state index contributed by atoms with van der Waals surface area (Å²) in [5, 5.41) is 6.58. The number of aromatic nitrogens is 2. The second-order valence-corrected chi connectivity index (χ2v) is 9.77. The Morgan fingerprint density at radius 2 is 2.03 bits per heavy atom. The molecule has 0 spiro atoms. The highest BCUT2D eigenvalue weighted by molar-refractivity contribution is 5.95. The standard InChI is InChI=1S/C27H30N4O4/c1-33-26-9-7-21-27(31-26)20-12-19(35-24(20)14-29-21)10-16-2-5-18(6-3-16)28-13-17-4-8-23-22(11-17)30-25(32)15-34-23/h4,7-9,11,14,16,18-19,28H,2-3,5-6,10,12-13,15H2,1H3,(H,30,32). The summed E-state index contributed by atoms with van der Waals surface area (Å²) in [5.41, 5.74) is 4.85. The Balaban J connectivity index is 1.00. The quantitative estimate of drug-likeness (QED) is 0.557. The van der Waals surface area contributed by atoms with Gasteiger partial charge in [-0.05, 0) is 61.8 Å².